The van der Waals surface area contributed by atoms with Gasteiger partial charge in [-0.2, -0.15) is 11.8 Å². The number of thioether (sulfide) groups is 1. The van der Waals surface area contributed by atoms with Gasteiger partial charge in [-0.25, -0.2) is 13.1 Å². The molecule has 5 nitrogen and oxygen atoms in total. The van der Waals surface area contributed by atoms with E-state index in [2.05, 4.69) is 16.3 Å². The van der Waals surface area contributed by atoms with E-state index in [9.17, 15) is 8.42 Å². The number of benzene rings is 1. The van der Waals surface area contributed by atoms with Crippen molar-refractivity contribution in [1.29, 1.82) is 0 Å². The van der Waals surface area contributed by atoms with Crippen molar-refractivity contribution in [2.45, 2.75) is 30.6 Å². The van der Waals surface area contributed by atoms with Crippen LogP contribution in [0.25, 0.3) is 0 Å². The lowest BCUT2D eigenvalue weighted by molar-refractivity contribution is 0.588. The molecule has 0 aliphatic rings. The fraction of sp³-hybridized carbons (Fsp3) is 0.571. The molecule has 1 aromatic rings. The van der Waals surface area contributed by atoms with Crippen molar-refractivity contribution in [3.63, 3.8) is 0 Å². The molecule has 0 spiro atoms. The topological polar surface area (TPSA) is 84.2 Å². The number of nitrogen functional groups attached to an aromatic ring is 1. The fourth-order valence-electron chi connectivity index (χ4n) is 1.92. The summed E-state index contributed by atoms with van der Waals surface area (Å²) in [6.07, 6.45) is 6.82. The standard InChI is InChI=1S/C14H25N3O2S2/c1-16-21(18,19)12-7-8-13(15)14(11-12)17-9-5-3-4-6-10-20-2/h7-8,11,16-17H,3-6,9-10,15H2,1-2H3. The monoisotopic (exact) mass is 331 g/mol. The largest absolute Gasteiger partial charge is 0.397 e. The molecular weight excluding hydrogens is 306 g/mol. The Hall–Kier alpha value is -0.920. The van der Waals surface area contributed by atoms with E-state index in [-0.39, 0.29) is 4.90 Å². The summed E-state index contributed by atoms with van der Waals surface area (Å²) in [5.41, 5.74) is 7.11. The summed E-state index contributed by atoms with van der Waals surface area (Å²) in [4.78, 5) is 0.224. The summed E-state index contributed by atoms with van der Waals surface area (Å²) in [5.74, 6) is 1.21. The van der Waals surface area contributed by atoms with Crippen molar-refractivity contribution in [2.24, 2.45) is 0 Å². The first-order chi connectivity index (χ1) is 10.0. The molecule has 1 rings (SSSR count). The van der Waals surface area contributed by atoms with E-state index in [4.69, 9.17) is 5.73 Å². The minimum Gasteiger partial charge on any atom is -0.397 e. The number of hydrogen-bond donors (Lipinski definition) is 3. The number of anilines is 2. The molecule has 0 aromatic heterocycles. The first kappa shape index (κ1) is 18.1. The van der Waals surface area contributed by atoms with E-state index >= 15 is 0 Å². The molecule has 0 bridgehead atoms. The summed E-state index contributed by atoms with van der Waals surface area (Å²) in [6.45, 7) is 0.798. The lowest BCUT2D eigenvalue weighted by atomic mass is 10.2. The first-order valence-electron chi connectivity index (χ1n) is 7.07. The molecule has 0 atom stereocenters. The molecule has 1 aromatic carbocycles. The predicted molar refractivity (Wildman–Crippen MR) is 92.4 cm³/mol. The molecule has 4 N–H and O–H groups in total. The van der Waals surface area contributed by atoms with Crippen LogP contribution in [-0.4, -0.2) is 34.0 Å². The van der Waals surface area contributed by atoms with Crippen molar-refractivity contribution < 1.29 is 8.42 Å². The zero-order chi connectivity index (χ0) is 15.7. The van der Waals surface area contributed by atoms with Gasteiger partial charge in [0, 0.05) is 6.54 Å². The van der Waals surface area contributed by atoms with Crippen LogP contribution in [-0.2, 0) is 10.0 Å². The molecule has 0 saturated carbocycles. The second kappa shape index (κ2) is 9.17. The van der Waals surface area contributed by atoms with E-state index in [1.165, 1.54) is 38.1 Å². The van der Waals surface area contributed by atoms with Crippen LogP contribution in [0.3, 0.4) is 0 Å². The maximum Gasteiger partial charge on any atom is 0.240 e. The van der Waals surface area contributed by atoms with E-state index < -0.39 is 10.0 Å². The third-order valence-electron chi connectivity index (χ3n) is 3.19. The minimum atomic E-state index is -3.43. The molecule has 0 fully saturated rings. The molecule has 0 heterocycles. The van der Waals surface area contributed by atoms with Crippen LogP contribution in [0.4, 0.5) is 11.4 Å². The van der Waals surface area contributed by atoms with Gasteiger partial charge in [-0.3, -0.25) is 0 Å². The second-order valence-corrected chi connectivity index (χ2v) is 7.66. The Kier molecular flexibility index (Phi) is 7.92. The number of unbranched alkanes of at least 4 members (excludes halogenated alkanes) is 3. The van der Waals surface area contributed by atoms with Crippen molar-refractivity contribution in [3.8, 4) is 0 Å². The number of nitrogens with one attached hydrogen (secondary N) is 2. The lowest BCUT2D eigenvalue weighted by Crippen LogP contribution is -2.19. The Labute approximate surface area is 132 Å². The average Bonchev–Trinajstić information content (AvgIpc) is 2.47. The highest BCUT2D eigenvalue weighted by Crippen LogP contribution is 2.22. The minimum absolute atomic E-state index is 0.224. The van der Waals surface area contributed by atoms with E-state index in [0.717, 1.165) is 13.0 Å². The average molecular weight is 332 g/mol. The number of rotatable bonds is 10. The van der Waals surface area contributed by atoms with Gasteiger partial charge < -0.3 is 11.1 Å². The maximum absolute atomic E-state index is 11.8. The normalized spacial score (nSPS) is 11.5. The van der Waals surface area contributed by atoms with Crippen LogP contribution in [0.5, 0.6) is 0 Å². The molecule has 21 heavy (non-hydrogen) atoms. The molecule has 0 saturated heterocycles. The lowest BCUT2D eigenvalue weighted by Gasteiger charge is -2.11. The van der Waals surface area contributed by atoms with Gasteiger partial charge in [0.15, 0.2) is 0 Å². The van der Waals surface area contributed by atoms with Crippen LogP contribution < -0.4 is 15.8 Å². The summed E-state index contributed by atoms with van der Waals surface area (Å²) in [5, 5.41) is 3.22. The van der Waals surface area contributed by atoms with Gasteiger partial charge in [-0.05, 0) is 50.1 Å². The fourth-order valence-corrected chi connectivity index (χ4v) is 3.17. The van der Waals surface area contributed by atoms with Gasteiger partial charge in [0.1, 0.15) is 0 Å². The Bertz CT molecular complexity index is 533. The molecule has 120 valence electrons. The zero-order valence-electron chi connectivity index (χ0n) is 12.7. The quantitative estimate of drug-likeness (QED) is 0.453. The van der Waals surface area contributed by atoms with Gasteiger partial charge in [0.05, 0.1) is 16.3 Å². The number of sulfonamides is 1. The summed E-state index contributed by atoms with van der Waals surface area (Å²) < 4.78 is 25.8. The Morgan fingerprint density at radius 3 is 2.57 bits per heavy atom. The predicted octanol–water partition coefficient (Wildman–Crippen LogP) is 2.51. The third kappa shape index (κ3) is 6.15. The first-order valence-corrected chi connectivity index (χ1v) is 9.95. The van der Waals surface area contributed by atoms with Gasteiger partial charge in [0.25, 0.3) is 0 Å². The highest BCUT2D eigenvalue weighted by atomic mass is 32.2. The van der Waals surface area contributed by atoms with Gasteiger partial charge in [-0.1, -0.05) is 12.8 Å². The third-order valence-corrected chi connectivity index (χ3v) is 5.30. The summed E-state index contributed by atoms with van der Waals surface area (Å²) in [6, 6.07) is 4.70. The Morgan fingerprint density at radius 1 is 1.19 bits per heavy atom. The molecule has 0 unspecified atom stereocenters. The van der Waals surface area contributed by atoms with Gasteiger partial charge in [-0.15, -0.1) is 0 Å². The van der Waals surface area contributed by atoms with Crippen molar-refractivity contribution in [3.05, 3.63) is 18.2 Å². The van der Waals surface area contributed by atoms with Crippen LogP contribution >= 0.6 is 11.8 Å². The maximum atomic E-state index is 11.8. The highest BCUT2D eigenvalue weighted by Gasteiger charge is 2.12. The Balaban J connectivity index is 2.50. The van der Waals surface area contributed by atoms with Gasteiger partial charge in [0.2, 0.25) is 10.0 Å². The van der Waals surface area contributed by atoms with E-state index in [0.29, 0.717) is 11.4 Å². The SMILES string of the molecule is CNS(=O)(=O)c1ccc(N)c(NCCCCCCSC)c1. The molecule has 7 heteroatoms. The van der Waals surface area contributed by atoms with E-state index in [1.807, 2.05) is 11.8 Å². The van der Waals surface area contributed by atoms with Crippen LogP contribution in [0.1, 0.15) is 25.7 Å². The van der Waals surface area contributed by atoms with Crippen LogP contribution in [0.15, 0.2) is 23.1 Å². The summed E-state index contributed by atoms with van der Waals surface area (Å²) >= 11 is 1.88. The van der Waals surface area contributed by atoms with Crippen molar-refractivity contribution in [2.75, 3.05) is 36.7 Å². The molecule has 0 radical (unpaired) electrons. The zero-order valence-corrected chi connectivity index (χ0v) is 14.3. The van der Waals surface area contributed by atoms with E-state index in [1.54, 1.807) is 12.1 Å². The van der Waals surface area contributed by atoms with Gasteiger partial charge >= 0.3 is 0 Å². The van der Waals surface area contributed by atoms with Crippen molar-refractivity contribution in [1.82, 2.24) is 4.72 Å². The smallest absolute Gasteiger partial charge is 0.240 e. The number of hydrogen-bond acceptors (Lipinski definition) is 5. The molecule has 0 amide bonds. The van der Waals surface area contributed by atoms with Crippen molar-refractivity contribution >= 4 is 33.2 Å². The Morgan fingerprint density at radius 2 is 1.90 bits per heavy atom. The summed E-state index contributed by atoms with van der Waals surface area (Å²) in [7, 11) is -2.03. The molecular formula is C14H25N3O2S2. The molecule has 0 aliphatic heterocycles. The number of nitrogens with two attached hydrogens (primary N) is 1. The second-order valence-electron chi connectivity index (χ2n) is 4.79. The van der Waals surface area contributed by atoms with Crippen LogP contribution in [0.2, 0.25) is 0 Å². The van der Waals surface area contributed by atoms with Crippen LogP contribution in [0, 0.1) is 0 Å². The molecule has 0 aliphatic carbocycles. The highest BCUT2D eigenvalue weighted by molar-refractivity contribution is 7.98.